The molecule has 0 radical (unpaired) electrons. The van der Waals surface area contributed by atoms with Gasteiger partial charge in [0.25, 0.3) is 0 Å². The van der Waals surface area contributed by atoms with Gasteiger partial charge in [-0.1, -0.05) is 0 Å². The Balaban J connectivity index is 1.52. The first-order chi connectivity index (χ1) is 12.2. The van der Waals surface area contributed by atoms with Crippen molar-refractivity contribution in [1.29, 1.82) is 0 Å². The van der Waals surface area contributed by atoms with Crippen molar-refractivity contribution >= 4 is 5.95 Å². The fourth-order valence-electron chi connectivity index (χ4n) is 3.37. The minimum Gasteiger partial charge on any atom is -0.340 e. The maximum absolute atomic E-state index is 4.56. The fraction of sp³-hybridized carbons (Fsp3) is 0.471. The Morgan fingerprint density at radius 1 is 1.24 bits per heavy atom. The largest absolute Gasteiger partial charge is 0.340 e. The van der Waals surface area contributed by atoms with Gasteiger partial charge in [-0.3, -0.25) is 0 Å². The maximum Gasteiger partial charge on any atom is 0.225 e. The van der Waals surface area contributed by atoms with E-state index < -0.39 is 0 Å². The highest BCUT2D eigenvalue weighted by Crippen LogP contribution is 2.27. The lowest BCUT2D eigenvalue weighted by Crippen LogP contribution is -2.36. The quantitative estimate of drug-likeness (QED) is 0.718. The van der Waals surface area contributed by atoms with Gasteiger partial charge >= 0.3 is 0 Å². The Labute approximate surface area is 146 Å². The van der Waals surface area contributed by atoms with E-state index in [0.29, 0.717) is 12.5 Å². The number of imidazole rings is 1. The Morgan fingerprint density at radius 2 is 2.16 bits per heavy atom. The zero-order valence-electron chi connectivity index (χ0n) is 14.6. The summed E-state index contributed by atoms with van der Waals surface area (Å²) in [5.74, 6) is 3.13. The zero-order chi connectivity index (χ0) is 17.2. The van der Waals surface area contributed by atoms with Gasteiger partial charge < -0.3 is 14.0 Å². The molecule has 1 fully saturated rings. The third-order valence-electron chi connectivity index (χ3n) is 4.73. The molecule has 8 nitrogen and oxygen atoms in total. The molecule has 0 bridgehead atoms. The summed E-state index contributed by atoms with van der Waals surface area (Å²) in [7, 11) is 2.05. The van der Waals surface area contributed by atoms with Crippen molar-refractivity contribution in [2.24, 2.45) is 7.05 Å². The van der Waals surface area contributed by atoms with E-state index in [-0.39, 0.29) is 0 Å². The van der Waals surface area contributed by atoms with Gasteiger partial charge in [-0.25, -0.2) is 15.0 Å². The summed E-state index contributed by atoms with van der Waals surface area (Å²) in [6.07, 6.45) is 9.55. The molecule has 0 N–H and O–H groups in total. The summed E-state index contributed by atoms with van der Waals surface area (Å²) in [6.45, 7) is 4.54. The minimum atomic E-state index is 0.340. The number of nitrogens with zero attached hydrogens (tertiary/aromatic N) is 8. The van der Waals surface area contributed by atoms with Gasteiger partial charge in [0.1, 0.15) is 5.82 Å². The van der Waals surface area contributed by atoms with Crippen molar-refractivity contribution in [3.05, 3.63) is 48.3 Å². The van der Waals surface area contributed by atoms with Gasteiger partial charge in [0.2, 0.25) is 5.95 Å². The van der Waals surface area contributed by atoms with Crippen LogP contribution in [0.5, 0.6) is 0 Å². The zero-order valence-corrected chi connectivity index (χ0v) is 14.6. The predicted molar refractivity (Wildman–Crippen MR) is 93.3 cm³/mol. The molecule has 3 aromatic rings. The molecule has 1 aliphatic heterocycles. The first kappa shape index (κ1) is 15.7. The van der Waals surface area contributed by atoms with Crippen LogP contribution >= 0.6 is 0 Å². The van der Waals surface area contributed by atoms with Gasteiger partial charge in [-0.15, -0.1) is 10.2 Å². The number of hydrogen-bond acceptors (Lipinski definition) is 6. The van der Waals surface area contributed by atoms with Crippen LogP contribution in [-0.4, -0.2) is 47.4 Å². The average molecular weight is 338 g/mol. The van der Waals surface area contributed by atoms with E-state index in [2.05, 4.69) is 34.6 Å². The normalized spacial score (nSPS) is 17.8. The number of aromatic nitrogens is 7. The summed E-state index contributed by atoms with van der Waals surface area (Å²) >= 11 is 0. The molecule has 0 amide bonds. The SMILES string of the molecule is Cc1ccnc(N2CCCC(c3nnc(Cn4ccnc4)n3C)C2)n1. The number of aryl methyl sites for hydroxylation is 1. The van der Waals surface area contributed by atoms with Crippen LogP contribution in [0, 0.1) is 6.92 Å². The van der Waals surface area contributed by atoms with Crippen LogP contribution in [0.2, 0.25) is 0 Å². The smallest absolute Gasteiger partial charge is 0.225 e. The van der Waals surface area contributed by atoms with Gasteiger partial charge in [0, 0.05) is 50.3 Å². The molecule has 130 valence electrons. The van der Waals surface area contributed by atoms with Crippen molar-refractivity contribution in [2.75, 3.05) is 18.0 Å². The van der Waals surface area contributed by atoms with E-state index in [0.717, 1.165) is 49.2 Å². The molecule has 3 aromatic heterocycles. The summed E-state index contributed by atoms with van der Waals surface area (Å²) < 4.78 is 4.12. The highest BCUT2D eigenvalue weighted by molar-refractivity contribution is 5.32. The predicted octanol–water partition coefficient (Wildman–Crippen LogP) is 1.54. The van der Waals surface area contributed by atoms with Crippen molar-refractivity contribution < 1.29 is 0 Å². The first-order valence-corrected chi connectivity index (χ1v) is 8.59. The molecule has 0 saturated carbocycles. The van der Waals surface area contributed by atoms with E-state index in [1.54, 1.807) is 12.5 Å². The molecule has 25 heavy (non-hydrogen) atoms. The lowest BCUT2D eigenvalue weighted by molar-refractivity contribution is 0.473. The Kier molecular flexibility index (Phi) is 4.17. The summed E-state index contributed by atoms with van der Waals surface area (Å²) in [4.78, 5) is 15.3. The third kappa shape index (κ3) is 3.24. The van der Waals surface area contributed by atoms with Crippen LogP contribution in [0.3, 0.4) is 0 Å². The molecule has 1 aliphatic rings. The third-order valence-corrected chi connectivity index (χ3v) is 4.73. The van der Waals surface area contributed by atoms with Crippen molar-refractivity contribution in [3.63, 3.8) is 0 Å². The van der Waals surface area contributed by atoms with Gasteiger partial charge in [-0.05, 0) is 25.8 Å². The van der Waals surface area contributed by atoms with Crippen molar-refractivity contribution in [2.45, 2.75) is 32.2 Å². The van der Waals surface area contributed by atoms with Gasteiger partial charge in [0.15, 0.2) is 5.82 Å². The number of piperidine rings is 1. The highest BCUT2D eigenvalue weighted by atomic mass is 15.3. The molecule has 8 heteroatoms. The summed E-state index contributed by atoms with van der Waals surface area (Å²) in [6, 6.07) is 1.93. The monoisotopic (exact) mass is 338 g/mol. The number of rotatable bonds is 4. The molecule has 1 saturated heterocycles. The van der Waals surface area contributed by atoms with E-state index in [9.17, 15) is 0 Å². The minimum absolute atomic E-state index is 0.340. The highest BCUT2D eigenvalue weighted by Gasteiger charge is 2.27. The molecule has 1 atom stereocenters. The Morgan fingerprint density at radius 3 is 2.96 bits per heavy atom. The lowest BCUT2D eigenvalue weighted by atomic mass is 9.97. The first-order valence-electron chi connectivity index (χ1n) is 8.59. The summed E-state index contributed by atoms with van der Waals surface area (Å²) in [5, 5.41) is 8.87. The average Bonchev–Trinajstić information content (AvgIpc) is 3.26. The number of anilines is 1. The number of hydrogen-bond donors (Lipinski definition) is 0. The second-order valence-corrected chi connectivity index (χ2v) is 6.55. The molecule has 4 rings (SSSR count). The topological polar surface area (TPSA) is 77.5 Å². The Hall–Kier alpha value is -2.77. The Bertz CT molecular complexity index is 838. The van der Waals surface area contributed by atoms with Crippen LogP contribution < -0.4 is 4.90 Å². The molecule has 1 unspecified atom stereocenters. The molecule has 0 aliphatic carbocycles. The van der Waals surface area contributed by atoms with Crippen LogP contribution in [0.1, 0.15) is 36.1 Å². The molecule has 4 heterocycles. The standard InChI is InChI=1S/C17H22N8/c1-13-5-6-19-17(20-13)25-8-3-4-14(10-25)16-22-21-15(23(16)2)11-24-9-7-18-12-24/h5-7,9,12,14H,3-4,8,10-11H2,1-2H3. The van der Waals surface area contributed by atoms with E-state index in [1.807, 2.05) is 37.0 Å². The second-order valence-electron chi connectivity index (χ2n) is 6.55. The van der Waals surface area contributed by atoms with Crippen LogP contribution in [0.4, 0.5) is 5.95 Å². The maximum atomic E-state index is 4.56. The van der Waals surface area contributed by atoms with Crippen molar-refractivity contribution in [1.82, 2.24) is 34.3 Å². The fourth-order valence-corrected chi connectivity index (χ4v) is 3.37. The van der Waals surface area contributed by atoms with E-state index >= 15 is 0 Å². The molecular formula is C17H22N8. The van der Waals surface area contributed by atoms with Crippen LogP contribution in [0.25, 0.3) is 0 Å². The lowest BCUT2D eigenvalue weighted by Gasteiger charge is -2.32. The van der Waals surface area contributed by atoms with Crippen LogP contribution in [-0.2, 0) is 13.6 Å². The van der Waals surface area contributed by atoms with Gasteiger partial charge in [-0.2, -0.15) is 0 Å². The molecule has 0 aromatic carbocycles. The van der Waals surface area contributed by atoms with E-state index in [4.69, 9.17) is 0 Å². The van der Waals surface area contributed by atoms with Crippen LogP contribution in [0.15, 0.2) is 31.0 Å². The second kappa shape index (κ2) is 6.62. The molecular weight excluding hydrogens is 316 g/mol. The summed E-state index contributed by atoms with van der Waals surface area (Å²) in [5.41, 5.74) is 0.994. The van der Waals surface area contributed by atoms with Gasteiger partial charge in [0.05, 0.1) is 12.9 Å². The van der Waals surface area contributed by atoms with E-state index in [1.165, 1.54) is 0 Å². The molecule has 0 spiro atoms. The van der Waals surface area contributed by atoms with Crippen molar-refractivity contribution in [3.8, 4) is 0 Å².